The summed E-state index contributed by atoms with van der Waals surface area (Å²) < 4.78 is 2.66. The predicted molar refractivity (Wildman–Crippen MR) is 56.7 cm³/mol. The molecule has 0 atom stereocenters. The molecule has 0 aliphatic carbocycles. The zero-order chi connectivity index (χ0) is 9.97. The van der Waals surface area contributed by atoms with Crippen molar-refractivity contribution in [1.29, 1.82) is 0 Å². The number of hydrogen-bond donors (Lipinski definition) is 0. The summed E-state index contributed by atoms with van der Waals surface area (Å²) in [5.74, 6) is 0. The Kier molecular flexibility index (Phi) is 2.45. The van der Waals surface area contributed by atoms with Gasteiger partial charge in [-0.25, -0.2) is 4.98 Å². The number of aromatic nitrogens is 2. The number of carbonyl (C=O) groups excluding carboxylic acids is 1. The Hall–Kier alpha value is -1.42. The first-order chi connectivity index (χ1) is 6.81. The highest BCUT2D eigenvalue weighted by molar-refractivity contribution is 9.10. The molecule has 0 aliphatic heterocycles. The lowest BCUT2D eigenvalue weighted by Gasteiger charge is -2.03. The van der Waals surface area contributed by atoms with Crippen molar-refractivity contribution in [2.75, 3.05) is 0 Å². The van der Waals surface area contributed by atoms with Gasteiger partial charge in [0, 0.05) is 28.1 Å². The van der Waals surface area contributed by atoms with Crippen LogP contribution in [-0.4, -0.2) is 15.8 Å². The molecular formula is C10H7BrN2O. The number of imidazole rings is 1. The summed E-state index contributed by atoms with van der Waals surface area (Å²) >= 11 is 3.33. The molecule has 0 fully saturated rings. The third-order valence-corrected chi connectivity index (χ3v) is 2.60. The van der Waals surface area contributed by atoms with Crippen LogP contribution >= 0.6 is 15.9 Å². The molecule has 0 unspecified atom stereocenters. The van der Waals surface area contributed by atoms with E-state index in [-0.39, 0.29) is 0 Å². The molecule has 2 aromatic rings. The largest absolute Gasteiger partial charge is 0.306 e. The SMILES string of the molecule is O=Cc1ccc(-n2ccnc2)cc1Br. The van der Waals surface area contributed by atoms with Crippen LogP contribution in [0.2, 0.25) is 0 Å². The van der Waals surface area contributed by atoms with E-state index in [4.69, 9.17) is 0 Å². The van der Waals surface area contributed by atoms with Crippen LogP contribution in [0.5, 0.6) is 0 Å². The maximum absolute atomic E-state index is 10.6. The lowest BCUT2D eigenvalue weighted by Crippen LogP contribution is -1.91. The van der Waals surface area contributed by atoms with Crippen LogP contribution in [0.3, 0.4) is 0 Å². The fourth-order valence-electron chi connectivity index (χ4n) is 1.18. The molecule has 0 spiro atoms. The van der Waals surface area contributed by atoms with Gasteiger partial charge in [0.2, 0.25) is 0 Å². The van der Waals surface area contributed by atoms with E-state index in [1.807, 2.05) is 22.9 Å². The molecule has 0 N–H and O–H groups in total. The van der Waals surface area contributed by atoms with Gasteiger partial charge in [0.25, 0.3) is 0 Å². The van der Waals surface area contributed by atoms with Crippen molar-refractivity contribution in [2.24, 2.45) is 0 Å². The van der Waals surface area contributed by atoms with Gasteiger partial charge >= 0.3 is 0 Å². The summed E-state index contributed by atoms with van der Waals surface area (Å²) in [5.41, 5.74) is 1.62. The van der Waals surface area contributed by atoms with E-state index in [0.29, 0.717) is 5.56 Å². The number of aldehydes is 1. The van der Waals surface area contributed by atoms with Gasteiger partial charge in [-0.1, -0.05) is 0 Å². The van der Waals surface area contributed by atoms with E-state index in [1.165, 1.54) is 0 Å². The third-order valence-electron chi connectivity index (χ3n) is 1.91. The van der Waals surface area contributed by atoms with Gasteiger partial charge in [-0.05, 0) is 34.1 Å². The average molecular weight is 251 g/mol. The second-order valence-corrected chi connectivity index (χ2v) is 3.65. The van der Waals surface area contributed by atoms with Crippen LogP contribution < -0.4 is 0 Å². The summed E-state index contributed by atoms with van der Waals surface area (Å²) in [7, 11) is 0. The van der Waals surface area contributed by atoms with Crippen molar-refractivity contribution in [3.63, 3.8) is 0 Å². The summed E-state index contributed by atoms with van der Waals surface area (Å²) in [6.45, 7) is 0. The minimum absolute atomic E-state index is 0.647. The second-order valence-electron chi connectivity index (χ2n) is 2.79. The van der Waals surface area contributed by atoms with Crippen LogP contribution in [0.1, 0.15) is 10.4 Å². The van der Waals surface area contributed by atoms with Gasteiger partial charge in [-0.3, -0.25) is 4.79 Å². The highest BCUT2D eigenvalue weighted by atomic mass is 79.9. The van der Waals surface area contributed by atoms with E-state index in [2.05, 4.69) is 20.9 Å². The fraction of sp³-hybridized carbons (Fsp3) is 0. The molecule has 0 saturated carbocycles. The molecule has 0 aliphatic rings. The Morgan fingerprint density at radius 2 is 2.29 bits per heavy atom. The number of rotatable bonds is 2. The van der Waals surface area contributed by atoms with E-state index < -0.39 is 0 Å². The lowest BCUT2D eigenvalue weighted by molar-refractivity contribution is 0.112. The standard InChI is InChI=1S/C10H7BrN2O/c11-10-5-9(2-1-8(10)6-14)13-4-3-12-7-13/h1-7H. The van der Waals surface area contributed by atoms with E-state index in [0.717, 1.165) is 16.4 Å². The first-order valence-corrected chi connectivity index (χ1v) is 4.83. The van der Waals surface area contributed by atoms with Crippen LogP contribution in [0.25, 0.3) is 5.69 Å². The Morgan fingerprint density at radius 3 is 2.86 bits per heavy atom. The normalized spacial score (nSPS) is 10.1. The van der Waals surface area contributed by atoms with Crippen molar-refractivity contribution in [1.82, 2.24) is 9.55 Å². The van der Waals surface area contributed by atoms with Crippen molar-refractivity contribution in [3.05, 3.63) is 47.0 Å². The Balaban J connectivity index is 2.48. The number of hydrogen-bond acceptors (Lipinski definition) is 2. The molecule has 1 aromatic heterocycles. The molecule has 3 nitrogen and oxygen atoms in total. The summed E-state index contributed by atoms with van der Waals surface area (Å²) in [6.07, 6.45) is 6.09. The van der Waals surface area contributed by atoms with Crippen LogP contribution in [0.4, 0.5) is 0 Å². The highest BCUT2D eigenvalue weighted by Crippen LogP contribution is 2.19. The third kappa shape index (κ3) is 1.61. The topological polar surface area (TPSA) is 34.9 Å². The molecule has 0 radical (unpaired) electrons. The quantitative estimate of drug-likeness (QED) is 0.768. The van der Waals surface area contributed by atoms with Gasteiger partial charge in [0.15, 0.2) is 6.29 Å². The number of benzene rings is 1. The maximum Gasteiger partial charge on any atom is 0.151 e. The number of halogens is 1. The molecule has 2 rings (SSSR count). The smallest absolute Gasteiger partial charge is 0.151 e. The minimum Gasteiger partial charge on any atom is -0.306 e. The van der Waals surface area contributed by atoms with E-state index in [9.17, 15) is 4.79 Å². The average Bonchev–Trinajstić information content (AvgIpc) is 2.70. The monoisotopic (exact) mass is 250 g/mol. The highest BCUT2D eigenvalue weighted by Gasteiger charge is 2.01. The zero-order valence-corrected chi connectivity index (χ0v) is 8.81. The van der Waals surface area contributed by atoms with Crippen molar-refractivity contribution < 1.29 is 4.79 Å². The van der Waals surface area contributed by atoms with Gasteiger partial charge < -0.3 is 4.57 Å². The minimum atomic E-state index is 0.647. The Bertz CT molecular complexity index is 451. The van der Waals surface area contributed by atoms with E-state index >= 15 is 0 Å². The molecule has 0 amide bonds. The molecule has 1 aromatic carbocycles. The Labute approximate surface area is 89.5 Å². The maximum atomic E-state index is 10.6. The van der Waals surface area contributed by atoms with Gasteiger partial charge in [0.05, 0.1) is 6.33 Å². The van der Waals surface area contributed by atoms with Crippen LogP contribution in [0.15, 0.2) is 41.4 Å². The van der Waals surface area contributed by atoms with Crippen LogP contribution in [-0.2, 0) is 0 Å². The van der Waals surface area contributed by atoms with Gasteiger partial charge in [0.1, 0.15) is 0 Å². The van der Waals surface area contributed by atoms with Gasteiger partial charge in [-0.2, -0.15) is 0 Å². The second kappa shape index (κ2) is 3.75. The molecule has 0 bridgehead atoms. The summed E-state index contributed by atoms with van der Waals surface area (Å²) in [4.78, 5) is 14.5. The molecule has 70 valence electrons. The van der Waals surface area contributed by atoms with Crippen molar-refractivity contribution >= 4 is 22.2 Å². The first kappa shape index (κ1) is 9.15. The zero-order valence-electron chi connectivity index (χ0n) is 7.22. The summed E-state index contributed by atoms with van der Waals surface area (Å²) in [6, 6.07) is 5.52. The fourth-order valence-corrected chi connectivity index (χ4v) is 1.64. The van der Waals surface area contributed by atoms with Crippen LogP contribution in [0, 0.1) is 0 Å². The predicted octanol–water partition coefficient (Wildman–Crippen LogP) is 2.45. The molecule has 1 heterocycles. The van der Waals surface area contributed by atoms with Crippen molar-refractivity contribution in [3.8, 4) is 5.69 Å². The number of nitrogens with zero attached hydrogens (tertiary/aromatic N) is 2. The van der Waals surface area contributed by atoms with Crippen molar-refractivity contribution in [2.45, 2.75) is 0 Å². The molecular weight excluding hydrogens is 244 g/mol. The molecule has 0 saturated heterocycles. The number of carbonyl (C=O) groups is 1. The summed E-state index contributed by atoms with van der Waals surface area (Å²) in [5, 5.41) is 0. The Morgan fingerprint density at radius 1 is 1.43 bits per heavy atom. The first-order valence-electron chi connectivity index (χ1n) is 4.04. The lowest BCUT2D eigenvalue weighted by atomic mass is 10.2. The molecule has 4 heteroatoms. The van der Waals surface area contributed by atoms with E-state index in [1.54, 1.807) is 18.6 Å². The molecule has 14 heavy (non-hydrogen) atoms. The van der Waals surface area contributed by atoms with Gasteiger partial charge in [-0.15, -0.1) is 0 Å².